The van der Waals surface area contributed by atoms with E-state index >= 15 is 0 Å². The van der Waals surface area contributed by atoms with Gasteiger partial charge in [-0.3, -0.25) is 4.57 Å². The first kappa shape index (κ1) is 16.1. The van der Waals surface area contributed by atoms with E-state index in [-0.39, 0.29) is 6.54 Å². The van der Waals surface area contributed by atoms with Gasteiger partial charge in [0.05, 0.1) is 0 Å². The van der Waals surface area contributed by atoms with Crippen molar-refractivity contribution in [3.05, 3.63) is 35.4 Å². The predicted octanol–water partition coefficient (Wildman–Crippen LogP) is 3.35. The fraction of sp³-hybridized carbons (Fsp3) is 0.600. The molecule has 4 nitrogen and oxygen atoms in total. The highest BCUT2D eigenvalue weighted by molar-refractivity contribution is 7.57. The molecule has 2 saturated heterocycles. The van der Waals surface area contributed by atoms with E-state index in [1.807, 2.05) is 9.34 Å². The van der Waals surface area contributed by atoms with Crippen molar-refractivity contribution in [1.29, 1.82) is 0 Å². The molecule has 2 fully saturated rings. The quantitative estimate of drug-likeness (QED) is 0.841. The summed E-state index contributed by atoms with van der Waals surface area (Å²) in [7, 11) is -2.86. The Hall–Kier alpha value is -0.810. The summed E-state index contributed by atoms with van der Waals surface area (Å²) in [5.41, 5.74) is 0.347. The number of hydrogen-bond acceptors (Lipinski definition) is 1. The van der Waals surface area contributed by atoms with E-state index in [9.17, 15) is 13.3 Å². The summed E-state index contributed by atoms with van der Waals surface area (Å²) in [4.78, 5) is 0. The average Bonchev–Trinajstić information content (AvgIpc) is 3.19. The van der Waals surface area contributed by atoms with Crippen molar-refractivity contribution in [2.24, 2.45) is 0 Å². The van der Waals surface area contributed by atoms with E-state index < -0.39 is 19.2 Å². The minimum Gasteiger partial charge on any atom is -0.270 e. The van der Waals surface area contributed by atoms with E-state index in [2.05, 4.69) is 5.09 Å². The summed E-state index contributed by atoms with van der Waals surface area (Å²) in [6.07, 6.45) is 4.18. The van der Waals surface area contributed by atoms with Crippen LogP contribution in [0, 0.1) is 11.6 Å². The zero-order valence-corrected chi connectivity index (χ0v) is 13.5. The van der Waals surface area contributed by atoms with Gasteiger partial charge in [-0.05, 0) is 31.7 Å². The lowest BCUT2D eigenvalue weighted by molar-refractivity contribution is 0.379. The number of hydrogen-bond donors (Lipinski definition) is 1. The third kappa shape index (κ3) is 3.25. The Morgan fingerprint density at radius 3 is 2.05 bits per heavy atom. The number of nitrogens with one attached hydrogen (secondary N) is 1. The minimum absolute atomic E-state index is 0.149. The molecular weight excluding hydrogens is 307 g/mol. The molecule has 0 amide bonds. The Bertz CT molecular complexity index is 552. The second-order valence-corrected chi connectivity index (χ2v) is 8.47. The highest BCUT2D eigenvalue weighted by Gasteiger charge is 2.39. The van der Waals surface area contributed by atoms with Crippen LogP contribution >= 0.6 is 7.59 Å². The first-order valence-corrected chi connectivity index (χ1v) is 9.51. The summed E-state index contributed by atoms with van der Waals surface area (Å²) < 4.78 is 44.3. The lowest BCUT2D eigenvalue weighted by Gasteiger charge is -2.35. The normalized spacial score (nSPS) is 20.8. The van der Waals surface area contributed by atoms with Crippen LogP contribution in [0.15, 0.2) is 18.2 Å². The smallest absolute Gasteiger partial charge is 0.270 e. The summed E-state index contributed by atoms with van der Waals surface area (Å²) in [5.74, 6) is -1.19. The van der Waals surface area contributed by atoms with Gasteiger partial charge in [-0.25, -0.2) is 23.2 Å². The Labute approximate surface area is 130 Å². The van der Waals surface area contributed by atoms with Crippen LogP contribution < -0.4 is 5.09 Å². The molecule has 2 heterocycles. The van der Waals surface area contributed by atoms with Gasteiger partial charge in [-0.1, -0.05) is 6.07 Å². The Balaban J connectivity index is 1.76. The average molecular weight is 329 g/mol. The summed E-state index contributed by atoms with van der Waals surface area (Å²) in [5, 5.41) is 3.10. The second kappa shape index (κ2) is 6.75. The maximum Gasteiger partial charge on any atom is 0.284 e. The standard InChI is InChI=1S/C15H22F2N3OP/c16-14-6-5-13(15(17)11-14)12-18-22(21,19-7-1-2-8-19)20-9-3-4-10-20/h5-6,11H,1-4,7-10,12H2,(H,18,21). The Morgan fingerprint density at radius 2 is 1.55 bits per heavy atom. The van der Waals surface area contributed by atoms with Crippen LogP contribution in [-0.4, -0.2) is 35.5 Å². The molecule has 0 atom stereocenters. The first-order chi connectivity index (χ1) is 10.6. The Morgan fingerprint density at radius 1 is 1.00 bits per heavy atom. The van der Waals surface area contributed by atoms with Crippen molar-refractivity contribution >= 4 is 7.59 Å². The maximum atomic E-state index is 13.8. The highest BCUT2D eigenvalue weighted by atomic mass is 31.2. The van der Waals surface area contributed by atoms with Crippen LogP contribution in [-0.2, 0) is 11.1 Å². The summed E-state index contributed by atoms with van der Waals surface area (Å²) in [6.45, 7) is 3.40. The van der Waals surface area contributed by atoms with E-state index in [1.54, 1.807) is 0 Å². The van der Waals surface area contributed by atoms with Gasteiger partial charge in [0.15, 0.2) is 0 Å². The molecule has 0 saturated carbocycles. The van der Waals surface area contributed by atoms with E-state index in [0.29, 0.717) is 5.56 Å². The van der Waals surface area contributed by atoms with E-state index in [0.717, 1.165) is 57.9 Å². The molecule has 0 radical (unpaired) electrons. The maximum absolute atomic E-state index is 13.8. The van der Waals surface area contributed by atoms with Crippen LogP contribution in [0.1, 0.15) is 31.2 Å². The van der Waals surface area contributed by atoms with Crippen molar-refractivity contribution in [2.45, 2.75) is 32.2 Å². The molecule has 1 N–H and O–H groups in total. The van der Waals surface area contributed by atoms with Crippen molar-refractivity contribution in [1.82, 2.24) is 14.4 Å². The minimum atomic E-state index is -2.86. The van der Waals surface area contributed by atoms with Gasteiger partial charge < -0.3 is 0 Å². The van der Waals surface area contributed by atoms with Crippen LogP contribution in [0.5, 0.6) is 0 Å². The molecule has 7 heteroatoms. The van der Waals surface area contributed by atoms with Gasteiger partial charge in [0.1, 0.15) is 11.6 Å². The van der Waals surface area contributed by atoms with E-state index in [4.69, 9.17) is 0 Å². The Kier molecular flexibility index (Phi) is 4.93. The van der Waals surface area contributed by atoms with Crippen LogP contribution in [0.25, 0.3) is 0 Å². The molecule has 3 rings (SSSR count). The van der Waals surface area contributed by atoms with Crippen molar-refractivity contribution in [3.63, 3.8) is 0 Å². The van der Waals surface area contributed by atoms with Gasteiger partial charge in [-0.15, -0.1) is 0 Å². The SMILES string of the molecule is O=P(NCc1ccc(F)cc1F)(N1CCCC1)N1CCCC1. The molecule has 1 aromatic rings. The fourth-order valence-electron chi connectivity index (χ4n) is 3.18. The molecule has 0 spiro atoms. The lowest BCUT2D eigenvalue weighted by atomic mass is 10.2. The molecule has 0 unspecified atom stereocenters. The van der Waals surface area contributed by atoms with Crippen molar-refractivity contribution in [3.8, 4) is 0 Å². The largest absolute Gasteiger partial charge is 0.284 e. The molecule has 0 aromatic heterocycles. The topological polar surface area (TPSA) is 35.6 Å². The molecule has 2 aliphatic heterocycles. The zero-order valence-electron chi connectivity index (χ0n) is 12.6. The monoisotopic (exact) mass is 329 g/mol. The number of rotatable bonds is 5. The third-order valence-corrected chi connectivity index (χ3v) is 7.33. The molecule has 0 aliphatic carbocycles. The van der Waals surface area contributed by atoms with Gasteiger partial charge in [-0.2, -0.15) is 0 Å². The van der Waals surface area contributed by atoms with Crippen molar-refractivity contribution < 1.29 is 13.3 Å². The molecule has 0 bridgehead atoms. The zero-order chi connectivity index (χ0) is 15.6. The third-order valence-electron chi connectivity index (χ3n) is 4.42. The van der Waals surface area contributed by atoms with Gasteiger partial charge in [0.2, 0.25) is 0 Å². The number of benzene rings is 1. The predicted molar refractivity (Wildman–Crippen MR) is 82.4 cm³/mol. The first-order valence-electron chi connectivity index (χ1n) is 7.89. The lowest BCUT2D eigenvalue weighted by Crippen LogP contribution is -2.36. The molecule has 1 aromatic carbocycles. The van der Waals surface area contributed by atoms with Gasteiger partial charge in [0, 0.05) is 44.4 Å². The molecular formula is C15H22F2N3OP. The fourth-order valence-corrected chi connectivity index (χ4v) is 5.96. The van der Waals surface area contributed by atoms with Crippen LogP contribution in [0.2, 0.25) is 0 Å². The van der Waals surface area contributed by atoms with E-state index in [1.165, 1.54) is 12.1 Å². The van der Waals surface area contributed by atoms with Gasteiger partial charge in [0.25, 0.3) is 7.59 Å². The number of nitrogens with zero attached hydrogens (tertiary/aromatic N) is 2. The highest BCUT2D eigenvalue weighted by Crippen LogP contribution is 2.52. The molecule has 122 valence electrons. The number of halogens is 2. The molecule has 22 heavy (non-hydrogen) atoms. The summed E-state index contributed by atoms with van der Waals surface area (Å²) in [6, 6.07) is 3.51. The van der Waals surface area contributed by atoms with Crippen LogP contribution in [0.4, 0.5) is 8.78 Å². The van der Waals surface area contributed by atoms with Crippen LogP contribution in [0.3, 0.4) is 0 Å². The van der Waals surface area contributed by atoms with Gasteiger partial charge >= 0.3 is 0 Å². The second-order valence-electron chi connectivity index (χ2n) is 5.94. The van der Waals surface area contributed by atoms with Crippen molar-refractivity contribution in [2.75, 3.05) is 26.2 Å². The molecule has 2 aliphatic rings. The summed E-state index contributed by atoms with van der Waals surface area (Å²) >= 11 is 0.